The molecule has 0 aliphatic carbocycles. The second-order valence-electron chi connectivity index (χ2n) is 6.23. The Morgan fingerprint density at radius 1 is 1.48 bits per heavy atom. The summed E-state index contributed by atoms with van der Waals surface area (Å²) >= 11 is 4.80. The Balaban J connectivity index is 1.74. The lowest BCUT2D eigenvalue weighted by molar-refractivity contribution is 0.0913. The molecule has 1 aliphatic rings. The lowest BCUT2D eigenvalue weighted by Gasteiger charge is -2.24. The number of hydrogen-bond donors (Lipinski definition) is 2. The van der Waals surface area contributed by atoms with E-state index in [-0.39, 0.29) is 30.6 Å². The maximum absolute atomic E-state index is 12.7. The second kappa shape index (κ2) is 8.40. The summed E-state index contributed by atoms with van der Waals surface area (Å²) < 4.78 is 6.60. The number of nitrogens with one attached hydrogen (secondary N) is 1. The average molecular weight is 425 g/mol. The summed E-state index contributed by atoms with van der Waals surface area (Å²) in [5.74, 6) is -0.273. The molecule has 2 aromatic rings. The third-order valence-corrected chi connectivity index (χ3v) is 5.94. The molecule has 1 aromatic heterocycles. The normalized spacial score (nSPS) is 19.6. The topological polar surface area (TPSA) is 71.5 Å². The van der Waals surface area contributed by atoms with Crippen molar-refractivity contribution in [3.8, 4) is 0 Å². The number of aliphatic hydroxyl groups is 1. The molecule has 0 spiro atoms. The number of carbonyl (C=O) groups excluding carboxylic acids is 1. The number of thiazole rings is 1. The molecule has 7 heteroatoms. The molecule has 1 saturated heterocycles. The quantitative estimate of drug-likeness (QED) is 0.738. The molecule has 3 atom stereocenters. The number of aromatic nitrogens is 1. The summed E-state index contributed by atoms with van der Waals surface area (Å²) in [6.07, 6.45) is 3.62. The monoisotopic (exact) mass is 424 g/mol. The maximum Gasteiger partial charge on any atom is 0.263 e. The molecule has 3 rings (SSSR count). The van der Waals surface area contributed by atoms with Crippen molar-refractivity contribution < 1.29 is 14.6 Å². The number of halogens is 1. The Labute approximate surface area is 159 Å². The Hall–Kier alpha value is -1.28. The van der Waals surface area contributed by atoms with Crippen LogP contribution in [-0.4, -0.2) is 29.2 Å². The predicted octanol–water partition coefficient (Wildman–Crippen LogP) is 3.86. The molecule has 2 heterocycles. The second-order valence-corrected chi connectivity index (χ2v) is 8.20. The fourth-order valence-corrected chi connectivity index (χ4v) is 4.03. The highest BCUT2D eigenvalue weighted by atomic mass is 79.9. The van der Waals surface area contributed by atoms with Crippen LogP contribution < -0.4 is 5.32 Å². The van der Waals surface area contributed by atoms with Crippen molar-refractivity contribution in [3.63, 3.8) is 0 Å². The van der Waals surface area contributed by atoms with Gasteiger partial charge in [-0.2, -0.15) is 0 Å². The minimum absolute atomic E-state index is 0.00906. The van der Waals surface area contributed by atoms with Gasteiger partial charge in [-0.05, 0) is 30.5 Å². The van der Waals surface area contributed by atoms with E-state index in [0.717, 1.165) is 34.5 Å². The third kappa shape index (κ3) is 4.47. The van der Waals surface area contributed by atoms with Gasteiger partial charge in [0.1, 0.15) is 16.0 Å². The van der Waals surface area contributed by atoms with E-state index in [4.69, 9.17) is 4.74 Å². The van der Waals surface area contributed by atoms with Crippen molar-refractivity contribution in [3.05, 3.63) is 50.4 Å². The van der Waals surface area contributed by atoms with Crippen LogP contribution >= 0.6 is 27.3 Å². The fourth-order valence-electron chi connectivity index (χ4n) is 2.86. The highest BCUT2D eigenvalue weighted by Crippen LogP contribution is 2.32. The summed E-state index contributed by atoms with van der Waals surface area (Å²) in [4.78, 5) is 17.6. The van der Waals surface area contributed by atoms with Gasteiger partial charge in [0, 0.05) is 23.6 Å². The maximum atomic E-state index is 12.7. The van der Waals surface area contributed by atoms with Gasteiger partial charge < -0.3 is 15.2 Å². The summed E-state index contributed by atoms with van der Waals surface area (Å²) in [6.45, 7) is 2.66. The number of benzene rings is 1. The van der Waals surface area contributed by atoms with Gasteiger partial charge in [0.15, 0.2) is 0 Å². The molecular weight excluding hydrogens is 404 g/mol. The lowest BCUT2D eigenvalue weighted by Crippen LogP contribution is -2.33. The molecular formula is C18H21BrN2O3S. The van der Waals surface area contributed by atoms with Crippen molar-refractivity contribution in [2.45, 2.75) is 31.9 Å². The van der Waals surface area contributed by atoms with E-state index in [1.54, 1.807) is 6.20 Å². The molecule has 25 heavy (non-hydrogen) atoms. The number of carbonyl (C=O) groups is 1. The van der Waals surface area contributed by atoms with E-state index in [9.17, 15) is 9.90 Å². The molecule has 0 radical (unpaired) electrons. The third-order valence-electron chi connectivity index (χ3n) is 4.33. The summed E-state index contributed by atoms with van der Waals surface area (Å²) in [5, 5.41) is 13.5. The van der Waals surface area contributed by atoms with Gasteiger partial charge in [-0.1, -0.05) is 35.0 Å². The molecule has 0 saturated carbocycles. The van der Waals surface area contributed by atoms with Crippen LogP contribution in [0.25, 0.3) is 0 Å². The van der Waals surface area contributed by atoms with Crippen LogP contribution in [0.5, 0.6) is 0 Å². The van der Waals surface area contributed by atoms with Gasteiger partial charge in [-0.25, -0.2) is 4.98 Å². The Morgan fingerprint density at radius 2 is 2.24 bits per heavy atom. The predicted molar refractivity (Wildman–Crippen MR) is 101 cm³/mol. The lowest BCUT2D eigenvalue weighted by atomic mass is 9.95. The number of ether oxygens (including phenoxy) is 1. The first-order chi connectivity index (χ1) is 12.1. The molecule has 1 aromatic carbocycles. The zero-order valence-corrected chi connectivity index (χ0v) is 16.3. The number of nitrogens with zero attached hydrogens (tertiary/aromatic N) is 1. The first-order valence-corrected chi connectivity index (χ1v) is 9.94. The Kier molecular flexibility index (Phi) is 6.22. The summed E-state index contributed by atoms with van der Waals surface area (Å²) in [7, 11) is 0. The van der Waals surface area contributed by atoms with E-state index >= 15 is 0 Å². The van der Waals surface area contributed by atoms with Crippen LogP contribution in [0.1, 0.15) is 52.2 Å². The number of amides is 1. The smallest absolute Gasteiger partial charge is 0.263 e. The molecule has 1 aliphatic heterocycles. The first-order valence-electron chi connectivity index (χ1n) is 8.33. The highest BCUT2D eigenvalue weighted by molar-refractivity contribution is 9.10. The van der Waals surface area contributed by atoms with Gasteiger partial charge in [0.25, 0.3) is 5.91 Å². The van der Waals surface area contributed by atoms with Crippen molar-refractivity contribution >= 4 is 33.2 Å². The number of hydrogen-bond acceptors (Lipinski definition) is 5. The summed E-state index contributed by atoms with van der Waals surface area (Å²) in [6, 6.07) is 7.50. The van der Waals surface area contributed by atoms with Crippen LogP contribution in [0.3, 0.4) is 0 Å². The van der Waals surface area contributed by atoms with E-state index in [1.807, 2.05) is 31.2 Å². The number of aliphatic hydroxyl groups excluding tert-OH is 1. The van der Waals surface area contributed by atoms with E-state index in [2.05, 4.69) is 26.2 Å². The van der Waals surface area contributed by atoms with E-state index < -0.39 is 0 Å². The zero-order chi connectivity index (χ0) is 17.8. The SMILES string of the molecule is C[C@H](CO)[C@@H](NC(=O)c1cnc([C@H]2CCCO2)s1)c1ccc(Br)cc1. The van der Waals surface area contributed by atoms with Gasteiger partial charge in [0.2, 0.25) is 0 Å². The van der Waals surface area contributed by atoms with Crippen LogP contribution in [0.15, 0.2) is 34.9 Å². The van der Waals surface area contributed by atoms with Crippen molar-refractivity contribution in [2.75, 3.05) is 13.2 Å². The molecule has 2 N–H and O–H groups in total. The fraction of sp³-hybridized carbons (Fsp3) is 0.444. The van der Waals surface area contributed by atoms with Crippen molar-refractivity contribution in [1.82, 2.24) is 10.3 Å². The Bertz CT molecular complexity index is 713. The van der Waals surface area contributed by atoms with E-state index in [0.29, 0.717) is 4.88 Å². The zero-order valence-electron chi connectivity index (χ0n) is 13.9. The largest absolute Gasteiger partial charge is 0.396 e. The molecule has 1 amide bonds. The average Bonchev–Trinajstić information content (AvgIpc) is 3.30. The van der Waals surface area contributed by atoms with Gasteiger partial charge >= 0.3 is 0 Å². The van der Waals surface area contributed by atoms with E-state index in [1.165, 1.54) is 11.3 Å². The number of rotatable bonds is 6. The van der Waals surface area contributed by atoms with Crippen molar-refractivity contribution in [1.29, 1.82) is 0 Å². The minimum Gasteiger partial charge on any atom is -0.396 e. The standard InChI is InChI=1S/C18H21BrN2O3S/c1-11(10-22)16(12-4-6-13(19)7-5-12)21-17(23)15-9-20-18(25-15)14-3-2-8-24-14/h4-7,9,11,14,16,22H,2-3,8,10H2,1H3,(H,21,23)/t11-,14-,16-/m1/s1. The molecule has 1 fully saturated rings. The van der Waals surface area contributed by atoms with Gasteiger partial charge in [0.05, 0.1) is 12.2 Å². The van der Waals surface area contributed by atoms with Gasteiger partial charge in [-0.3, -0.25) is 4.79 Å². The highest BCUT2D eigenvalue weighted by Gasteiger charge is 2.25. The van der Waals surface area contributed by atoms with Crippen LogP contribution in [-0.2, 0) is 4.74 Å². The van der Waals surface area contributed by atoms with Crippen LogP contribution in [0.2, 0.25) is 0 Å². The van der Waals surface area contributed by atoms with Gasteiger partial charge in [-0.15, -0.1) is 11.3 Å². The molecule has 5 nitrogen and oxygen atoms in total. The molecule has 134 valence electrons. The van der Waals surface area contributed by atoms with Crippen molar-refractivity contribution in [2.24, 2.45) is 5.92 Å². The molecule has 0 unspecified atom stereocenters. The Morgan fingerprint density at radius 3 is 2.88 bits per heavy atom. The molecule has 0 bridgehead atoms. The van der Waals surface area contributed by atoms with Crippen LogP contribution in [0.4, 0.5) is 0 Å². The summed E-state index contributed by atoms with van der Waals surface area (Å²) in [5.41, 5.74) is 0.960. The minimum atomic E-state index is -0.265. The van der Waals surface area contributed by atoms with Crippen LogP contribution in [0, 0.1) is 5.92 Å². The first kappa shape index (κ1) is 18.5.